The molecular weight excluding hydrogens is 252 g/mol. The Morgan fingerprint density at radius 3 is 2.23 bits per heavy atom. The summed E-state index contributed by atoms with van der Waals surface area (Å²) < 4.78 is 4.55. The van der Waals surface area contributed by atoms with Crippen molar-refractivity contribution in [2.75, 3.05) is 0 Å². The van der Waals surface area contributed by atoms with Gasteiger partial charge in [-0.3, -0.25) is 0 Å². The van der Waals surface area contributed by atoms with Crippen molar-refractivity contribution in [1.82, 2.24) is 0 Å². The van der Waals surface area contributed by atoms with Crippen LogP contribution < -0.4 is 0 Å². The monoisotopic (exact) mass is 261 g/mol. The molecule has 69 valence electrons. The maximum atomic E-state index is 2.35. The zero-order valence-electron chi connectivity index (χ0n) is 7.37. The first kappa shape index (κ1) is 10.4. The Kier molecular flexibility index (Phi) is 3.64. The van der Waals surface area contributed by atoms with Gasteiger partial charge in [-0.05, 0) is 20.8 Å². The number of rotatable bonds is 1. The third-order valence-corrected chi connectivity index (χ3v) is 9.25. The van der Waals surface area contributed by atoms with E-state index in [9.17, 15) is 0 Å². The van der Waals surface area contributed by atoms with Crippen LogP contribution in [-0.2, 0) is 0 Å². The van der Waals surface area contributed by atoms with Gasteiger partial charge in [-0.2, -0.15) is 0 Å². The van der Waals surface area contributed by atoms with Gasteiger partial charge in [0.25, 0.3) is 0 Å². The molecule has 0 spiro atoms. The highest BCUT2D eigenvalue weighted by molar-refractivity contribution is 8.33. The van der Waals surface area contributed by atoms with Crippen molar-refractivity contribution < 1.29 is 0 Å². The first-order chi connectivity index (χ1) is 6.27. The van der Waals surface area contributed by atoms with E-state index in [1.807, 2.05) is 47.0 Å². The predicted octanol–water partition coefficient (Wildman–Crippen LogP) is 4.68. The van der Waals surface area contributed by atoms with Crippen LogP contribution in [0.2, 0.25) is 13.1 Å². The average molecular weight is 262 g/mol. The molecule has 0 saturated carbocycles. The molecule has 13 heavy (non-hydrogen) atoms. The van der Waals surface area contributed by atoms with Crippen LogP contribution in [0.5, 0.6) is 0 Å². The maximum Gasteiger partial charge on any atom is 0.0890 e. The van der Waals surface area contributed by atoms with E-state index in [-0.39, 0.29) is 8.80 Å². The lowest BCUT2D eigenvalue weighted by Gasteiger charge is -2.03. The molecule has 2 aliphatic rings. The molecule has 2 aliphatic heterocycles. The van der Waals surface area contributed by atoms with Crippen LogP contribution in [-0.4, -0.2) is 8.80 Å². The van der Waals surface area contributed by atoms with Gasteiger partial charge in [-0.15, -0.1) is 0 Å². The Labute approximate surface area is 97.7 Å². The molecule has 0 bridgehead atoms. The largest absolute Gasteiger partial charge is 0.0898 e. The summed E-state index contributed by atoms with van der Waals surface area (Å²) in [6.07, 6.45) is 0. The third-order valence-electron chi connectivity index (χ3n) is 1.54. The normalized spacial score (nSPS) is 21.9. The van der Waals surface area contributed by atoms with Gasteiger partial charge < -0.3 is 0 Å². The third kappa shape index (κ3) is 2.44. The summed E-state index contributed by atoms with van der Waals surface area (Å²) in [6.45, 7) is 4.70. The molecule has 0 aromatic carbocycles. The molecule has 0 saturated heterocycles. The van der Waals surface area contributed by atoms with Crippen molar-refractivity contribution in [2.24, 2.45) is 0 Å². The fourth-order valence-electron chi connectivity index (χ4n) is 0.868. The minimum atomic E-state index is -0.243. The van der Waals surface area contributed by atoms with Crippen LogP contribution in [0, 0.1) is 0 Å². The molecule has 0 amide bonds. The zero-order chi connectivity index (χ0) is 9.26. The molecule has 0 aromatic rings. The quantitative estimate of drug-likeness (QED) is 0.628. The van der Waals surface area contributed by atoms with Crippen LogP contribution in [0.15, 0.2) is 29.2 Å². The Morgan fingerprint density at radius 2 is 1.69 bits per heavy atom. The van der Waals surface area contributed by atoms with E-state index in [0.29, 0.717) is 0 Å². The van der Waals surface area contributed by atoms with Crippen LogP contribution in [0.1, 0.15) is 0 Å². The maximum absolute atomic E-state index is 2.35. The van der Waals surface area contributed by atoms with Gasteiger partial charge in [0.2, 0.25) is 0 Å². The predicted molar refractivity (Wildman–Crippen MR) is 72.1 cm³/mol. The van der Waals surface area contributed by atoms with Crippen LogP contribution in [0.3, 0.4) is 0 Å². The topological polar surface area (TPSA) is 0 Å². The van der Waals surface area contributed by atoms with Crippen molar-refractivity contribution in [3.8, 4) is 0 Å². The van der Waals surface area contributed by atoms with Crippen molar-refractivity contribution in [1.29, 1.82) is 0 Å². The summed E-state index contributed by atoms with van der Waals surface area (Å²) in [4.78, 5) is 0. The van der Waals surface area contributed by atoms with Gasteiger partial charge in [-0.1, -0.05) is 60.1 Å². The summed E-state index contributed by atoms with van der Waals surface area (Å²) in [7, 11) is -0.243. The van der Waals surface area contributed by atoms with E-state index in [1.165, 1.54) is 8.47 Å². The van der Waals surface area contributed by atoms with Gasteiger partial charge in [0, 0.05) is 0 Å². The summed E-state index contributed by atoms with van der Waals surface area (Å²) in [5.74, 6) is 0. The van der Waals surface area contributed by atoms with Crippen molar-refractivity contribution in [3.05, 3.63) is 29.2 Å². The molecular formula is C8H9S4Si. The summed E-state index contributed by atoms with van der Waals surface area (Å²) in [5.41, 5.74) is 0. The fourth-order valence-corrected chi connectivity index (χ4v) is 7.42. The van der Waals surface area contributed by atoms with Gasteiger partial charge in [0.1, 0.15) is 0 Å². The van der Waals surface area contributed by atoms with E-state index in [1.54, 1.807) is 4.53 Å². The van der Waals surface area contributed by atoms with E-state index < -0.39 is 0 Å². The second-order valence-electron chi connectivity index (χ2n) is 2.78. The zero-order valence-corrected chi connectivity index (χ0v) is 11.6. The minimum absolute atomic E-state index is 0.243. The molecule has 0 fully saturated rings. The molecule has 2 heterocycles. The van der Waals surface area contributed by atoms with Gasteiger partial charge in [0.05, 0.1) is 17.3 Å². The minimum Gasteiger partial charge on any atom is -0.0898 e. The van der Waals surface area contributed by atoms with Crippen LogP contribution >= 0.6 is 47.0 Å². The average Bonchev–Trinajstić information content (AvgIpc) is 2.75. The standard InChI is InChI=1S/C8H9S4Si/c1-13(2)6-5-11-8(12-6)7-9-3-4-10-7/h3-5H,1-2H3. The lowest BCUT2D eigenvalue weighted by molar-refractivity contribution is 1.97. The Bertz CT molecular complexity index is 293. The molecule has 0 aliphatic carbocycles. The molecule has 0 N–H and O–H groups in total. The SMILES string of the molecule is C[Si](C)C1=CSC(=C2SC=CS2)S1. The smallest absolute Gasteiger partial charge is 0.0890 e. The summed E-state index contributed by atoms with van der Waals surface area (Å²) in [6, 6.07) is 0. The molecule has 0 atom stereocenters. The molecule has 0 unspecified atom stereocenters. The van der Waals surface area contributed by atoms with Crippen molar-refractivity contribution in [3.63, 3.8) is 0 Å². The molecule has 5 heteroatoms. The van der Waals surface area contributed by atoms with E-state index >= 15 is 0 Å². The highest BCUT2D eigenvalue weighted by Crippen LogP contribution is 2.53. The van der Waals surface area contributed by atoms with E-state index in [0.717, 1.165) is 0 Å². The Morgan fingerprint density at radius 1 is 1.00 bits per heavy atom. The van der Waals surface area contributed by atoms with Crippen molar-refractivity contribution in [2.45, 2.75) is 13.1 Å². The lowest BCUT2D eigenvalue weighted by Crippen LogP contribution is -1.99. The van der Waals surface area contributed by atoms with Crippen molar-refractivity contribution >= 4 is 55.8 Å². The van der Waals surface area contributed by atoms with Crippen LogP contribution in [0.25, 0.3) is 0 Å². The van der Waals surface area contributed by atoms with Gasteiger partial charge >= 0.3 is 0 Å². The number of thioether (sulfide) groups is 4. The van der Waals surface area contributed by atoms with Gasteiger partial charge in [-0.25, -0.2) is 0 Å². The molecule has 0 nitrogen and oxygen atoms in total. The first-order valence-electron chi connectivity index (χ1n) is 3.85. The summed E-state index contributed by atoms with van der Waals surface area (Å²) in [5, 5.41) is 6.66. The molecule has 1 radical (unpaired) electrons. The molecule has 2 rings (SSSR count). The van der Waals surface area contributed by atoms with Gasteiger partial charge in [0.15, 0.2) is 0 Å². The lowest BCUT2D eigenvalue weighted by atomic mass is 11.2. The van der Waals surface area contributed by atoms with E-state index in [2.05, 4.69) is 29.3 Å². The number of hydrogen-bond donors (Lipinski definition) is 0. The highest BCUT2D eigenvalue weighted by atomic mass is 32.2. The Balaban J connectivity index is 2.05. The second kappa shape index (κ2) is 4.57. The van der Waals surface area contributed by atoms with Crippen LogP contribution in [0.4, 0.5) is 0 Å². The number of hydrogen-bond acceptors (Lipinski definition) is 4. The first-order valence-corrected chi connectivity index (χ1v) is 9.81. The highest BCUT2D eigenvalue weighted by Gasteiger charge is 2.20. The molecule has 0 aromatic heterocycles. The van der Waals surface area contributed by atoms with E-state index in [4.69, 9.17) is 0 Å². The fraction of sp³-hybridized carbons (Fsp3) is 0.250. The second-order valence-corrected chi connectivity index (χ2v) is 9.97. The summed E-state index contributed by atoms with van der Waals surface area (Å²) >= 11 is 7.59. The Hall–Kier alpha value is 0.837.